The van der Waals surface area contributed by atoms with Crippen molar-refractivity contribution >= 4 is 17.5 Å². The molecule has 5 aliphatic carbocycles. The number of nitrogens with zero attached hydrogens (tertiary/aromatic N) is 1. The van der Waals surface area contributed by atoms with Crippen LogP contribution in [0.4, 0.5) is 0 Å². The first-order valence-corrected chi connectivity index (χ1v) is 15.7. The van der Waals surface area contributed by atoms with Gasteiger partial charge in [0.05, 0.1) is 5.57 Å². The van der Waals surface area contributed by atoms with Crippen molar-refractivity contribution in [1.82, 2.24) is 5.32 Å². The van der Waals surface area contributed by atoms with Gasteiger partial charge in [-0.05, 0) is 79.3 Å². The second kappa shape index (κ2) is 8.88. The van der Waals surface area contributed by atoms with E-state index in [0.29, 0.717) is 25.3 Å². The van der Waals surface area contributed by atoms with Gasteiger partial charge < -0.3 is 10.4 Å². The van der Waals surface area contributed by atoms with E-state index in [2.05, 4.69) is 52.9 Å². The van der Waals surface area contributed by atoms with Crippen LogP contribution in [0.25, 0.3) is 0 Å². The van der Waals surface area contributed by atoms with Crippen LogP contribution in [0.1, 0.15) is 107 Å². The fourth-order valence-corrected chi connectivity index (χ4v) is 10.5. The summed E-state index contributed by atoms with van der Waals surface area (Å²) in [5, 5.41) is 26.0. The largest absolute Gasteiger partial charge is 0.381 e. The van der Waals surface area contributed by atoms with Gasteiger partial charge in [-0.2, -0.15) is 5.26 Å². The van der Waals surface area contributed by atoms with Gasteiger partial charge >= 0.3 is 0 Å². The molecule has 0 aliphatic heterocycles. The number of fused-ring (bicyclic) bond motifs is 7. The number of hydrogen-bond acceptors (Lipinski definition) is 5. The van der Waals surface area contributed by atoms with Crippen LogP contribution in [0.5, 0.6) is 0 Å². The predicted octanol–water partition coefficient (Wildman–Crippen LogP) is 6.09. The highest BCUT2D eigenvalue weighted by Crippen LogP contribution is 2.75. The van der Waals surface area contributed by atoms with E-state index >= 15 is 0 Å². The number of ketones is 2. The maximum absolute atomic E-state index is 14.6. The zero-order valence-corrected chi connectivity index (χ0v) is 26.7. The number of aliphatic hydroxyl groups is 1. The highest BCUT2D eigenvalue weighted by molar-refractivity contribution is 6.05. The molecule has 41 heavy (non-hydrogen) atoms. The number of nitrogens with one attached hydrogen (secondary N) is 1. The Morgan fingerprint density at radius 1 is 1.02 bits per heavy atom. The van der Waals surface area contributed by atoms with Crippen molar-refractivity contribution in [2.75, 3.05) is 6.54 Å². The number of allylic oxidation sites excluding steroid dienone is 3. The van der Waals surface area contributed by atoms with Crippen LogP contribution in [0.15, 0.2) is 23.3 Å². The Kier molecular flexibility index (Phi) is 6.54. The van der Waals surface area contributed by atoms with Gasteiger partial charge in [0.15, 0.2) is 11.6 Å². The molecule has 0 bridgehead atoms. The third kappa shape index (κ3) is 3.66. The number of amides is 1. The van der Waals surface area contributed by atoms with Gasteiger partial charge in [-0.15, -0.1) is 0 Å². The summed E-state index contributed by atoms with van der Waals surface area (Å²) in [6, 6.07) is 2.15. The van der Waals surface area contributed by atoms with Crippen molar-refractivity contribution in [3.8, 4) is 6.07 Å². The summed E-state index contributed by atoms with van der Waals surface area (Å²) in [6.07, 6.45) is 8.69. The first-order valence-electron chi connectivity index (χ1n) is 15.7. The standard InChI is InChI=1S/C35H50N2O4/c1-21(2)20-37-28(40)31(6)13-12-30(5)14-15-34(9)33(8)11-10-23-29(3,4)27(39)22(19-36)17-32(23,7)24(33)16-26(38)35(34,41)25(30)18-31/h16-17,21,23,25,41H,10-15,18,20H2,1-9H3,(H,37,40). The van der Waals surface area contributed by atoms with Gasteiger partial charge in [0, 0.05) is 34.1 Å². The second-order valence-electron chi connectivity index (χ2n) is 16.5. The molecule has 0 saturated heterocycles. The molecule has 0 aromatic heterocycles. The molecule has 0 radical (unpaired) electrons. The minimum absolute atomic E-state index is 0.0196. The lowest BCUT2D eigenvalue weighted by atomic mass is 9.33. The van der Waals surface area contributed by atoms with Gasteiger partial charge in [0.2, 0.25) is 5.91 Å². The zero-order valence-electron chi connectivity index (χ0n) is 26.7. The quantitative estimate of drug-likeness (QED) is 0.433. The average molecular weight is 563 g/mol. The monoisotopic (exact) mass is 562 g/mol. The number of Topliss-reactive ketones (excluding diaryl/α,β-unsaturated/α-hetero) is 1. The van der Waals surface area contributed by atoms with E-state index in [-0.39, 0.29) is 40.3 Å². The molecule has 2 N–H and O–H groups in total. The van der Waals surface area contributed by atoms with Crippen molar-refractivity contribution in [1.29, 1.82) is 5.26 Å². The van der Waals surface area contributed by atoms with Crippen molar-refractivity contribution in [3.05, 3.63) is 23.3 Å². The molecule has 0 spiro atoms. The molecule has 3 fully saturated rings. The molecule has 8 unspecified atom stereocenters. The zero-order chi connectivity index (χ0) is 30.6. The number of carbonyl (C=O) groups excluding carboxylic acids is 3. The molecule has 3 saturated carbocycles. The summed E-state index contributed by atoms with van der Waals surface area (Å²) in [5.41, 5.74) is -4.00. The van der Waals surface area contributed by atoms with E-state index in [1.54, 1.807) is 6.08 Å². The SMILES string of the molecule is CC(C)CNC(=O)C1(C)CCC2(C)CCC3(C)C4(C)CCC5C(C)(C)C(=O)C(C#N)=CC5(C)C4=CC(=O)C3(O)C2C1. The van der Waals surface area contributed by atoms with E-state index in [1.807, 2.05) is 26.8 Å². The molecule has 5 aliphatic rings. The van der Waals surface area contributed by atoms with Crippen LogP contribution < -0.4 is 5.32 Å². The van der Waals surface area contributed by atoms with E-state index in [1.165, 1.54) is 0 Å². The Morgan fingerprint density at radius 3 is 2.27 bits per heavy atom. The molecule has 0 heterocycles. The van der Waals surface area contributed by atoms with Crippen molar-refractivity contribution in [3.63, 3.8) is 0 Å². The highest BCUT2D eigenvalue weighted by Gasteiger charge is 2.75. The van der Waals surface area contributed by atoms with Gasteiger partial charge in [0.25, 0.3) is 0 Å². The van der Waals surface area contributed by atoms with Crippen LogP contribution in [0, 0.1) is 61.6 Å². The Morgan fingerprint density at radius 2 is 1.66 bits per heavy atom. The van der Waals surface area contributed by atoms with Crippen molar-refractivity contribution in [2.24, 2.45) is 50.2 Å². The van der Waals surface area contributed by atoms with Gasteiger partial charge in [-0.3, -0.25) is 14.4 Å². The molecule has 0 aromatic carbocycles. The summed E-state index contributed by atoms with van der Waals surface area (Å²) < 4.78 is 0. The summed E-state index contributed by atoms with van der Waals surface area (Å²) in [5.74, 6) is -0.418. The first-order chi connectivity index (χ1) is 18.8. The summed E-state index contributed by atoms with van der Waals surface area (Å²) in [7, 11) is 0. The average Bonchev–Trinajstić information content (AvgIpc) is 2.89. The lowest BCUT2D eigenvalue weighted by Gasteiger charge is -2.71. The molecule has 0 aromatic rings. The van der Waals surface area contributed by atoms with Crippen molar-refractivity contribution < 1.29 is 19.5 Å². The van der Waals surface area contributed by atoms with Crippen LogP contribution in [0.3, 0.4) is 0 Å². The maximum Gasteiger partial charge on any atom is 0.225 e. The number of hydrogen-bond donors (Lipinski definition) is 2. The Hall–Kier alpha value is -2.26. The Bertz CT molecular complexity index is 1320. The smallest absolute Gasteiger partial charge is 0.225 e. The highest BCUT2D eigenvalue weighted by atomic mass is 16.3. The topological polar surface area (TPSA) is 107 Å². The summed E-state index contributed by atoms with van der Waals surface area (Å²) >= 11 is 0. The number of rotatable bonds is 3. The molecular formula is C35H50N2O4. The van der Waals surface area contributed by atoms with Gasteiger partial charge in [-0.1, -0.05) is 68.4 Å². The maximum atomic E-state index is 14.6. The number of nitriles is 1. The predicted molar refractivity (Wildman–Crippen MR) is 158 cm³/mol. The molecule has 5 rings (SSSR count). The molecule has 8 atom stereocenters. The molecule has 6 heteroatoms. The molecular weight excluding hydrogens is 512 g/mol. The van der Waals surface area contributed by atoms with Crippen LogP contribution in [-0.2, 0) is 14.4 Å². The lowest BCUT2D eigenvalue weighted by Crippen LogP contribution is -2.74. The van der Waals surface area contributed by atoms with Crippen LogP contribution in [0.2, 0.25) is 0 Å². The first kappa shape index (κ1) is 30.2. The third-order valence-electron chi connectivity index (χ3n) is 13.5. The molecule has 224 valence electrons. The summed E-state index contributed by atoms with van der Waals surface area (Å²) in [6.45, 7) is 19.3. The third-order valence-corrected chi connectivity index (χ3v) is 13.5. The van der Waals surface area contributed by atoms with Gasteiger partial charge in [0.1, 0.15) is 11.7 Å². The lowest BCUT2D eigenvalue weighted by molar-refractivity contribution is -0.242. The molecule has 1 amide bonds. The van der Waals surface area contributed by atoms with Gasteiger partial charge in [-0.25, -0.2) is 0 Å². The minimum Gasteiger partial charge on any atom is -0.381 e. The van der Waals surface area contributed by atoms with Crippen molar-refractivity contribution in [2.45, 2.75) is 113 Å². The van der Waals surface area contributed by atoms with Crippen LogP contribution >= 0.6 is 0 Å². The fraction of sp³-hybridized carbons (Fsp3) is 0.771. The normalized spacial score (nSPS) is 46.7. The Labute approximate surface area is 246 Å². The van der Waals surface area contributed by atoms with Crippen LogP contribution in [-0.4, -0.2) is 34.7 Å². The number of carbonyl (C=O) groups is 3. The molecule has 6 nitrogen and oxygen atoms in total. The second-order valence-corrected chi connectivity index (χ2v) is 16.5. The fourth-order valence-electron chi connectivity index (χ4n) is 10.5. The van der Waals surface area contributed by atoms with E-state index in [0.717, 1.165) is 37.7 Å². The van der Waals surface area contributed by atoms with E-state index in [4.69, 9.17) is 0 Å². The van der Waals surface area contributed by atoms with E-state index in [9.17, 15) is 24.8 Å². The minimum atomic E-state index is -1.61. The van der Waals surface area contributed by atoms with E-state index < -0.39 is 32.7 Å². The summed E-state index contributed by atoms with van der Waals surface area (Å²) in [4.78, 5) is 41.3. The Balaban J connectivity index is 1.64.